The molecule has 1 fully saturated rings. The van der Waals surface area contributed by atoms with E-state index in [-0.39, 0.29) is 30.7 Å². The number of amides is 1. The second-order valence-electron chi connectivity index (χ2n) is 8.68. The van der Waals surface area contributed by atoms with E-state index in [1.807, 2.05) is 26.0 Å². The highest BCUT2D eigenvalue weighted by atomic mass is 19.4. The van der Waals surface area contributed by atoms with Gasteiger partial charge in [-0.3, -0.25) is 9.69 Å². The van der Waals surface area contributed by atoms with E-state index in [1.165, 1.54) is 12.1 Å². The number of nitrogens with two attached hydrogens (primary N) is 1. The van der Waals surface area contributed by atoms with Crippen LogP contribution in [0.5, 0.6) is 5.75 Å². The molecule has 34 heavy (non-hydrogen) atoms. The van der Waals surface area contributed by atoms with Gasteiger partial charge in [0.1, 0.15) is 18.5 Å². The molecular formula is C25H32F3N3O3. The van der Waals surface area contributed by atoms with Gasteiger partial charge >= 0.3 is 6.18 Å². The highest BCUT2D eigenvalue weighted by Gasteiger charge is 2.31. The summed E-state index contributed by atoms with van der Waals surface area (Å²) in [5.74, 6) is 0.460. The van der Waals surface area contributed by atoms with Gasteiger partial charge in [0.2, 0.25) is 0 Å². The van der Waals surface area contributed by atoms with Crippen molar-refractivity contribution >= 4 is 5.91 Å². The number of ether oxygens (including phenoxy) is 1. The fourth-order valence-electron chi connectivity index (χ4n) is 4.17. The molecule has 2 aromatic carbocycles. The molecule has 186 valence electrons. The Hall–Kier alpha value is -2.62. The van der Waals surface area contributed by atoms with Gasteiger partial charge in [0, 0.05) is 44.3 Å². The lowest BCUT2D eigenvalue weighted by molar-refractivity contribution is -0.137. The topological polar surface area (TPSA) is 79.0 Å². The first-order valence-electron chi connectivity index (χ1n) is 11.3. The summed E-state index contributed by atoms with van der Waals surface area (Å²) in [4.78, 5) is 16.7. The Labute approximate surface area is 198 Å². The Balaban J connectivity index is 1.61. The third kappa shape index (κ3) is 5.89. The molecule has 2 aromatic rings. The van der Waals surface area contributed by atoms with Crippen LogP contribution in [0.15, 0.2) is 36.4 Å². The Morgan fingerprint density at radius 3 is 2.24 bits per heavy atom. The quantitative estimate of drug-likeness (QED) is 0.635. The first kappa shape index (κ1) is 26.0. The number of benzene rings is 2. The SMILES string of the molecule is Cc1c(OC[C@H](O)CN)ccc(C(C)N2CCN(C(=O)c3ccc(C(F)(F)F)cc3)CC2)c1C. The second kappa shape index (κ2) is 10.8. The van der Waals surface area contributed by atoms with Crippen LogP contribution in [0.4, 0.5) is 13.2 Å². The summed E-state index contributed by atoms with van der Waals surface area (Å²) in [5.41, 5.74) is 8.20. The van der Waals surface area contributed by atoms with Crippen LogP contribution in [-0.4, -0.2) is 66.2 Å². The monoisotopic (exact) mass is 479 g/mol. The zero-order chi connectivity index (χ0) is 25.0. The average Bonchev–Trinajstić information content (AvgIpc) is 2.83. The summed E-state index contributed by atoms with van der Waals surface area (Å²) in [6.45, 7) is 8.74. The molecule has 3 rings (SSSR count). The number of nitrogens with zero attached hydrogens (tertiary/aromatic N) is 2. The molecule has 6 nitrogen and oxygen atoms in total. The van der Waals surface area contributed by atoms with E-state index < -0.39 is 17.8 Å². The number of rotatable bonds is 7. The van der Waals surface area contributed by atoms with Crippen molar-refractivity contribution < 1.29 is 27.8 Å². The van der Waals surface area contributed by atoms with E-state index in [9.17, 15) is 23.1 Å². The molecule has 0 bridgehead atoms. The van der Waals surface area contributed by atoms with E-state index in [2.05, 4.69) is 11.8 Å². The Morgan fingerprint density at radius 1 is 1.06 bits per heavy atom. The van der Waals surface area contributed by atoms with Gasteiger partial charge in [-0.15, -0.1) is 0 Å². The van der Waals surface area contributed by atoms with Crippen molar-refractivity contribution in [2.75, 3.05) is 39.3 Å². The number of aliphatic hydroxyl groups excluding tert-OH is 1. The lowest BCUT2D eigenvalue weighted by Gasteiger charge is -2.39. The van der Waals surface area contributed by atoms with Gasteiger partial charge < -0.3 is 20.5 Å². The van der Waals surface area contributed by atoms with Crippen molar-refractivity contribution in [3.63, 3.8) is 0 Å². The molecule has 1 amide bonds. The fraction of sp³-hybridized carbons (Fsp3) is 0.480. The molecule has 1 aliphatic rings. The number of carbonyl (C=O) groups is 1. The van der Waals surface area contributed by atoms with Gasteiger partial charge in [0.05, 0.1) is 5.56 Å². The Kier molecular flexibility index (Phi) is 8.22. The fourth-order valence-corrected chi connectivity index (χ4v) is 4.17. The number of halogens is 3. The molecule has 0 aromatic heterocycles. The van der Waals surface area contributed by atoms with Crippen molar-refractivity contribution in [3.05, 3.63) is 64.2 Å². The summed E-state index contributed by atoms with van der Waals surface area (Å²) in [5, 5.41) is 9.64. The number of hydrogen-bond donors (Lipinski definition) is 2. The van der Waals surface area contributed by atoms with Crippen LogP contribution in [-0.2, 0) is 6.18 Å². The van der Waals surface area contributed by atoms with Crippen molar-refractivity contribution in [1.82, 2.24) is 9.80 Å². The minimum Gasteiger partial charge on any atom is -0.491 e. The zero-order valence-electron chi connectivity index (χ0n) is 19.7. The normalized spacial score (nSPS) is 16.9. The first-order valence-corrected chi connectivity index (χ1v) is 11.3. The van der Waals surface area contributed by atoms with E-state index in [4.69, 9.17) is 10.5 Å². The lowest BCUT2D eigenvalue weighted by atomic mass is 9.96. The Bertz CT molecular complexity index is 987. The van der Waals surface area contributed by atoms with Crippen LogP contribution in [0.3, 0.4) is 0 Å². The second-order valence-corrected chi connectivity index (χ2v) is 8.68. The first-order chi connectivity index (χ1) is 16.0. The summed E-state index contributed by atoms with van der Waals surface area (Å²) >= 11 is 0. The molecule has 0 saturated carbocycles. The third-order valence-electron chi connectivity index (χ3n) is 6.54. The molecule has 9 heteroatoms. The molecule has 1 unspecified atom stereocenters. The van der Waals surface area contributed by atoms with Gasteiger partial charge in [0.25, 0.3) is 5.91 Å². The van der Waals surface area contributed by atoms with Crippen LogP contribution in [0.1, 0.15) is 45.6 Å². The maximum Gasteiger partial charge on any atom is 0.416 e. The third-order valence-corrected chi connectivity index (χ3v) is 6.54. The van der Waals surface area contributed by atoms with Crippen LogP contribution >= 0.6 is 0 Å². The predicted octanol–water partition coefficient (Wildman–Crippen LogP) is 3.54. The molecule has 1 saturated heterocycles. The number of alkyl halides is 3. The number of hydrogen-bond acceptors (Lipinski definition) is 5. The summed E-state index contributed by atoms with van der Waals surface area (Å²) in [7, 11) is 0. The van der Waals surface area contributed by atoms with Crippen molar-refractivity contribution in [2.24, 2.45) is 5.73 Å². The number of carbonyl (C=O) groups excluding carboxylic acids is 1. The average molecular weight is 480 g/mol. The van der Waals surface area contributed by atoms with E-state index in [0.29, 0.717) is 31.9 Å². The van der Waals surface area contributed by atoms with Gasteiger partial charge in [-0.2, -0.15) is 13.2 Å². The molecule has 3 N–H and O–H groups in total. The minimum atomic E-state index is -4.42. The maximum atomic E-state index is 12.8. The summed E-state index contributed by atoms with van der Waals surface area (Å²) < 4.78 is 44.0. The lowest BCUT2D eigenvalue weighted by Crippen LogP contribution is -2.49. The largest absolute Gasteiger partial charge is 0.491 e. The molecular weight excluding hydrogens is 447 g/mol. The predicted molar refractivity (Wildman–Crippen MR) is 124 cm³/mol. The van der Waals surface area contributed by atoms with Gasteiger partial charge in [-0.05, 0) is 67.8 Å². The highest BCUT2D eigenvalue weighted by Crippen LogP contribution is 2.32. The van der Waals surface area contributed by atoms with Gasteiger partial charge in [-0.1, -0.05) is 6.07 Å². The maximum absolute atomic E-state index is 12.8. The Morgan fingerprint density at radius 2 is 1.68 bits per heavy atom. The molecule has 1 aliphatic heterocycles. The van der Waals surface area contributed by atoms with Crippen LogP contribution in [0, 0.1) is 13.8 Å². The molecule has 0 radical (unpaired) electrons. The minimum absolute atomic E-state index is 0.116. The number of piperazine rings is 1. The molecule has 1 heterocycles. The number of aliphatic hydroxyl groups is 1. The molecule has 0 spiro atoms. The van der Waals surface area contributed by atoms with E-state index in [0.717, 1.165) is 28.8 Å². The summed E-state index contributed by atoms with van der Waals surface area (Å²) in [6, 6.07) is 8.41. The molecule has 2 atom stereocenters. The van der Waals surface area contributed by atoms with Crippen molar-refractivity contribution in [3.8, 4) is 5.75 Å². The van der Waals surface area contributed by atoms with E-state index >= 15 is 0 Å². The van der Waals surface area contributed by atoms with Crippen molar-refractivity contribution in [1.29, 1.82) is 0 Å². The van der Waals surface area contributed by atoms with E-state index in [1.54, 1.807) is 4.90 Å². The smallest absolute Gasteiger partial charge is 0.416 e. The van der Waals surface area contributed by atoms with Gasteiger partial charge in [0.15, 0.2) is 0 Å². The van der Waals surface area contributed by atoms with Crippen LogP contribution < -0.4 is 10.5 Å². The highest BCUT2D eigenvalue weighted by molar-refractivity contribution is 5.94. The van der Waals surface area contributed by atoms with Crippen LogP contribution in [0.2, 0.25) is 0 Å². The summed E-state index contributed by atoms with van der Waals surface area (Å²) in [6.07, 6.45) is -5.13. The zero-order valence-corrected chi connectivity index (χ0v) is 19.7. The van der Waals surface area contributed by atoms with Crippen LogP contribution in [0.25, 0.3) is 0 Å². The standard InChI is InChI=1S/C25H32F3N3O3/c1-16-17(2)23(34-15-21(32)14-29)9-8-22(16)18(3)30-10-12-31(13-11-30)24(33)19-4-6-20(7-5-19)25(26,27)28/h4-9,18,21,32H,10-15,29H2,1-3H3/t18?,21-/m1/s1. The van der Waals surface area contributed by atoms with Crippen molar-refractivity contribution in [2.45, 2.75) is 39.1 Å². The van der Waals surface area contributed by atoms with Gasteiger partial charge in [-0.25, -0.2) is 0 Å². The molecule has 0 aliphatic carbocycles.